The number of carbonyl (C=O) groups excluding carboxylic acids is 1. The van der Waals surface area contributed by atoms with E-state index in [4.69, 9.17) is 4.74 Å². The number of aryl methyl sites for hydroxylation is 2. The summed E-state index contributed by atoms with van der Waals surface area (Å²) in [6, 6.07) is 12.8. The number of nitrogens with zero attached hydrogens (tertiary/aromatic N) is 1. The molecule has 0 heterocycles. The first-order valence-corrected chi connectivity index (χ1v) is 6.86. The molecular formula is C17H18N2O3. The van der Waals surface area contributed by atoms with Gasteiger partial charge in [0.05, 0.1) is 6.21 Å². The van der Waals surface area contributed by atoms with Crippen molar-refractivity contribution in [3.8, 4) is 11.5 Å². The molecule has 0 fully saturated rings. The van der Waals surface area contributed by atoms with Crippen molar-refractivity contribution < 1.29 is 14.6 Å². The number of benzene rings is 2. The number of nitrogens with one attached hydrogen (secondary N) is 1. The molecule has 5 heteroatoms. The molecule has 2 N–H and O–H groups in total. The third-order valence-corrected chi connectivity index (χ3v) is 3.02. The number of para-hydroxylation sites is 1. The zero-order chi connectivity index (χ0) is 15.9. The first-order valence-electron chi connectivity index (χ1n) is 6.86. The van der Waals surface area contributed by atoms with Crippen molar-refractivity contribution in [1.82, 2.24) is 5.43 Å². The average Bonchev–Trinajstić information content (AvgIpc) is 2.49. The summed E-state index contributed by atoms with van der Waals surface area (Å²) >= 11 is 0. The quantitative estimate of drug-likeness (QED) is 0.658. The summed E-state index contributed by atoms with van der Waals surface area (Å²) in [4.78, 5) is 11.6. The lowest BCUT2D eigenvalue weighted by Gasteiger charge is -2.05. The highest BCUT2D eigenvalue weighted by Crippen LogP contribution is 2.19. The summed E-state index contributed by atoms with van der Waals surface area (Å²) in [7, 11) is 0. The van der Waals surface area contributed by atoms with Gasteiger partial charge in [0.25, 0.3) is 5.91 Å². The molecule has 0 aliphatic rings. The lowest BCUT2D eigenvalue weighted by molar-refractivity contribution is -0.123. The standard InChI is InChI=1S/C17H18N2O3/c1-12-5-3-8-15(9-12)22-11-16(20)19-18-10-14-7-4-6-13(2)17(14)21/h3-10,21H,11H2,1-2H3,(H,19,20)/b18-10+. The number of carbonyl (C=O) groups is 1. The minimum absolute atomic E-state index is 0.124. The molecule has 0 aromatic heterocycles. The van der Waals surface area contributed by atoms with Crippen LogP contribution in [0.5, 0.6) is 11.5 Å². The van der Waals surface area contributed by atoms with Crippen molar-refractivity contribution in [2.24, 2.45) is 5.10 Å². The zero-order valence-electron chi connectivity index (χ0n) is 12.5. The van der Waals surface area contributed by atoms with Gasteiger partial charge in [-0.25, -0.2) is 5.43 Å². The Bertz CT molecular complexity index is 696. The molecule has 0 saturated heterocycles. The number of ether oxygens (including phenoxy) is 1. The number of amides is 1. The SMILES string of the molecule is Cc1cccc(OCC(=O)N/N=C/c2cccc(C)c2O)c1. The predicted molar refractivity (Wildman–Crippen MR) is 85.3 cm³/mol. The summed E-state index contributed by atoms with van der Waals surface area (Å²) in [5, 5.41) is 13.6. The van der Waals surface area contributed by atoms with E-state index in [0.717, 1.165) is 11.1 Å². The van der Waals surface area contributed by atoms with Gasteiger partial charge in [0, 0.05) is 5.56 Å². The van der Waals surface area contributed by atoms with Gasteiger partial charge in [-0.2, -0.15) is 5.10 Å². The summed E-state index contributed by atoms with van der Waals surface area (Å²) in [5.41, 5.74) is 4.71. The van der Waals surface area contributed by atoms with E-state index in [1.807, 2.05) is 25.1 Å². The Morgan fingerprint density at radius 3 is 2.82 bits per heavy atom. The van der Waals surface area contributed by atoms with Gasteiger partial charge in [0.2, 0.25) is 0 Å². The van der Waals surface area contributed by atoms with Crippen LogP contribution in [0.4, 0.5) is 0 Å². The van der Waals surface area contributed by atoms with Crippen LogP contribution < -0.4 is 10.2 Å². The van der Waals surface area contributed by atoms with E-state index in [0.29, 0.717) is 11.3 Å². The van der Waals surface area contributed by atoms with Crippen LogP contribution in [0.2, 0.25) is 0 Å². The van der Waals surface area contributed by atoms with Crippen molar-refractivity contribution in [3.05, 3.63) is 59.2 Å². The minimum atomic E-state index is -0.370. The number of hydrogen-bond donors (Lipinski definition) is 2. The minimum Gasteiger partial charge on any atom is -0.507 e. The Kier molecular flexibility index (Phi) is 5.14. The fourth-order valence-corrected chi connectivity index (χ4v) is 1.85. The highest BCUT2D eigenvalue weighted by atomic mass is 16.5. The highest BCUT2D eigenvalue weighted by Gasteiger charge is 2.03. The van der Waals surface area contributed by atoms with Crippen LogP contribution in [0.3, 0.4) is 0 Å². The maximum absolute atomic E-state index is 11.6. The molecule has 114 valence electrons. The normalized spacial score (nSPS) is 10.6. The van der Waals surface area contributed by atoms with Crippen LogP contribution in [0, 0.1) is 13.8 Å². The fraction of sp³-hybridized carbons (Fsp3) is 0.176. The van der Waals surface area contributed by atoms with Crippen molar-refractivity contribution >= 4 is 12.1 Å². The molecule has 5 nitrogen and oxygen atoms in total. The fourth-order valence-electron chi connectivity index (χ4n) is 1.85. The molecule has 0 atom stereocenters. The van der Waals surface area contributed by atoms with E-state index in [9.17, 15) is 9.90 Å². The van der Waals surface area contributed by atoms with E-state index in [1.165, 1.54) is 6.21 Å². The Morgan fingerprint density at radius 2 is 2.05 bits per heavy atom. The van der Waals surface area contributed by atoms with E-state index in [2.05, 4.69) is 10.5 Å². The Morgan fingerprint density at radius 1 is 1.27 bits per heavy atom. The van der Waals surface area contributed by atoms with Gasteiger partial charge in [0.15, 0.2) is 6.61 Å². The van der Waals surface area contributed by atoms with Crippen molar-refractivity contribution in [1.29, 1.82) is 0 Å². The highest BCUT2D eigenvalue weighted by molar-refractivity contribution is 5.85. The molecule has 0 spiro atoms. The topological polar surface area (TPSA) is 70.9 Å². The van der Waals surface area contributed by atoms with Crippen molar-refractivity contribution in [3.63, 3.8) is 0 Å². The summed E-state index contributed by atoms with van der Waals surface area (Å²) < 4.78 is 5.36. The monoisotopic (exact) mass is 298 g/mol. The van der Waals surface area contributed by atoms with Gasteiger partial charge in [-0.1, -0.05) is 24.3 Å². The first-order chi connectivity index (χ1) is 10.6. The number of hydrogen-bond acceptors (Lipinski definition) is 4. The molecule has 2 aromatic carbocycles. The Hall–Kier alpha value is -2.82. The lowest BCUT2D eigenvalue weighted by atomic mass is 10.1. The van der Waals surface area contributed by atoms with Crippen LogP contribution in [0.15, 0.2) is 47.6 Å². The van der Waals surface area contributed by atoms with Gasteiger partial charge < -0.3 is 9.84 Å². The molecule has 2 rings (SSSR count). The second-order valence-electron chi connectivity index (χ2n) is 4.91. The zero-order valence-corrected chi connectivity index (χ0v) is 12.5. The molecule has 22 heavy (non-hydrogen) atoms. The summed E-state index contributed by atoms with van der Waals surface area (Å²) in [6.45, 7) is 3.62. The number of hydrazone groups is 1. The molecule has 2 aromatic rings. The number of phenols is 1. The van der Waals surface area contributed by atoms with Crippen LogP contribution in [0.25, 0.3) is 0 Å². The largest absolute Gasteiger partial charge is 0.507 e. The number of rotatable bonds is 5. The molecule has 1 amide bonds. The first kappa shape index (κ1) is 15.6. The van der Waals surface area contributed by atoms with Crippen LogP contribution in [-0.2, 0) is 4.79 Å². The van der Waals surface area contributed by atoms with E-state index in [-0.39, 0.29) is 18.3 Å². The second kappa shape index (κ2) is 7.26. The second-order valence-corrected chi connectivity index (χ2v) is 4.91. The number of phenolic OH excluding ortho intramolecular Hbond substituents is 1. The molecule has 0 radical (unpaired) electrons. The van der Waals surface area contributed by atoms with Gasteiger partial charge in [0.1, 0.15) is 11.5 Å². The molecule has 0 unspecified atom stereocenters. The van der Waals surface area contributed by atoms with Crippen LogP contribution in [-0.4, -0.2) is 23.8 Å². The summed E-state index contributed by atoms with van der Waals surface area (Å²) in [5.74, 6) is 0.414. The maximum atomic E-state index is 11.6. The third-order valence-electron chi connectivity index (χ3n) is 3.02. The maximum Gasteiger partial charge on any atom is 0.277 e. The number of aromatic hydroxyl groups is 1. The van der Waals surface area contributed by atoms with E-state index < -0.39 is 0 Å². The molecule has 0 bridgehead atoms. The summed E-state index contributed by atoms with van der Waals surface area (Å²) in [6.07, 6.45) is 1.40. The van der Waals surface area contributed by atoms with Gasteiger partial charge in [-0.05, 0) is 43.2 Å². The van der Waals surface area contributed by atoms with Gasteiger partial charge in [-0.3, -0.25) is 4.79 Å². The van der Waals surface area contributed by atoms with Crippen molar-refractivity contribution in [2.75, 3.05) is 6.61 Å². The average molecular weight is 298 g/mol. The molecule has 0 saturated carbocycles. The van der Waals surface area contributed by atoms with Crippen LogP contribution >= 0.6 is 0 Å². The lowest BCUT2D eigenvalue weighted by Crippen LogP contribution is -2.24. The molecule has 0 aliphatic heterocycles. The third kappa shape index (κ3) is 4.34. The predicted octanol–water partition coefficient (Wildman–Crippen LogP) is 2.54. The molecular weight excluding hydrogens is 280 g/mol. The molecule has 0 aliphatic carbocycles. The van der Waals surface area contributed by atoms with E-state index >= 15 is 0 Å². The van der Waals surface area contributed by atoms with Gasteiger partial charge >= 0.3 is 0 Å². The van der Waals surface area contributed by atoms with Crippen LogP contribution in [0.1, 0.15) is 16.7 Å². The Balaban J connectivity index is 1.85. The Labute approximate surface area is 129 Å². The smallest absolute Gasteiger partial charge is 0.277 e. The van der Waals surface area contributed by atoms with Crippen molar-refractivity contribution in [2.45, 2.75) is 13.8 Å². The van der Waals surface area contributed by atoms with Gasteiger partial charge in [-0.15, -0.1) is 0 Å². The van der Waals surface area contributed by atoms with E-state index in [1.54, 1.807) is 31.2 Å².